The van der Waals surface area contributed by atoms with Crippen LogP contribution in [0.3, 0.4) is 0 Å². The second-order valence-corrected chi connectivity index (χ2v) is 6.84. The van der Waals surface area contributed by atoms with E-state index in [4.69, 9.17) is 10.5 Å². The van der Waals surface area contributed by atoms with Crippen LogP contribution in [0.5, 0.6) is 0 Å². The molecule has 2 aliphatic heterocycles. The van der Waals surface area contributed by atoms with E-state index in [1.807, 2.05) is 0 Å². The summed E-state index contributed by atoms with van der Waals surface area (Å²) < 4.78 is 5.35. The summed E-state index contributed by atoms with van der Waals surface area (Å²) in [6.07, 6.45) is 5.20. The normalized spacial score (nSPS) is 28.2. The van der Waals surface area contributed by atoms with Crippen molar-refractivity contribution >= 4 is 5.96 Å². The fraction of sp³-hybridized carbons (Fsp3) is 0.938. The van der Waals surface area contributed by atoms with E-state index < -0.39 is 0 Å². The molecule has 0 radical (unpaired) electrons. The van der Waals surface area contributed by atoms with Crippen molar-refractivity contribution in [3.8, 4) is 0 Å². The lowest BCUT2D eigenvalue weighted by Crippen LogP contribution is -2.39. The number of hydrogen-bond donors (Lipinski definition) is 2. The third-order valence-corrected chi connectivity index (χ3v) is 4.96. The molecule has 0 bridgehead atoms. The maximum absolute atomic E-state index is 5.97. The smallest absolute Gasteiger partial charge is 0.188 e. The number of hydrogen-bond acceptors (Lipinski definition) is 4. The van der Waals surface area contributed by atoms with Gasteiger partial charge in [-0.05, 0) is 44.7 Å². The average molecular weight is 309 g/mol. The van der Waals surface area contributed by atoms with Crippen molar-refractivity contribution < 1.29 is 4.74 Å². The summed E-state index contributed by atoms with van der Waals surface area (Å²) in [6, 6.07) is 0.893. The summed E-state index contributed by atoms with van der Waals surface area (Å²) in [6.45, 7) is 9.24. The van der Waals surface area contributed by atoms with Gasteiger partial charge in [-0.15, -0.1) is 0 Å². The van der Waals surface area contributed by atoms with Gasteiger partial charge in [-0.2, -0.15) is 0 Å². The first-order valence-electron chi connectivity index (χ1n) is 8.89. The molecule has 3 fully saturated rings. The number of nitrogens with two attached hydrogens (primary N) is 1. The number of likely N-dealkylation sites (tertiary alicyclic amines) is 1. The van der Waals surface area contributed by atoms with Gasteiger partial charge < -0.3 is 20.7 Å². The standard InChI is InChI=1S/C16H31N5O/c17-16(18-5-1-6-20-8-10-22-11-9-20)19-12-14-4-7-21(13-14)15-2-3-15/h14-15H,1-13H2,(H3,17,18,19). The first-order valence-corrected chi connectivity index (χ1v) is 8.89. The van der Waals surface area contributed by atoms with E-state index in [1.54, 1.807) is 0 Å². The van der Waals surface area contributed by atoms with Crippen molar-refractivity contribution in [2.75, 3.05) is 59.0 Å². The zero-order valence-electron chi connectivity index (χ0n) is 13.7. The molecule has 126 valence electrons. The Morgan fingerprint density at radius 1 is 1.18 bits per heavy atom. The Bertz CT molecular complexity index is 366. The van der Waals surface area contributed by atoms with Crippen LogP contribution in [0.15, 0.2) is 4.99 Å². The lowest BCUT2D eigenvalue weighted by atomic mass is 10.1. The zero-order valence-corrected chi connectivity index (χ0v) is 13.7. The zero-order chi connectivity index (χ0) is 15.2. The fourth-order valence-corrected chi connectivity index (χ4v) is 3.41. The first kappa shape index (κ1) is 16.0. The van der Waals surface area contributed by atoms with Gasteiger partial charge in [0.15, 0.2) is 5.96 Å². The maximum Gasteiger partial charge on any atom is 0.188 e. The fourth-order valence-electron chi connectivity index (χ4n) is 3.41. The van der Waals surface area contributed by atoms with Crippen LogP contribution < -0.4 is 11.1 Å². The molecule has 0 amide bonds. The molecule has 0 aromatic rings. The molecule has 1 saturated carbocycles. The summed E-state index contributed by atoms with van der Waals surface area (Å²) in [4.78, 5) is 9.61. The van der Waals surface area contributed by atoms with E-state index in [2.05, 4.69) is 20.1 Å². The highest BCUT2D eigenvalue weighted by molar-refractivity contribution is 5.77. The van der Waals surface area contributed by atoms with Crippen molar-refractivity contribution in [3.05, 3.63) is 0 Å². The van der Waals surface area contributed by atoms with Crippen LogP contribution in [0.25, 0.3) is 0 Å². The van der Waals surface area contributed by atoms with Gasteiger partial charge in [-0.3, -0.25) is 9.89 Å². The third kappa shape index (κ3) is 5.11. The van der Waals surface area contributed by atoms with E-state index in [-0.39, 0.29) is 0 Å². The quantitative estimate of drug-likeness (QED) is 0.397. The Balaban J connectivity index is 1.24. The molecule has 0 aromatic carbocycles. The highest BCUT2D eigenvalue weighted by Gasteiger charge is 2.34. The Kier molecular flexibility index (Phi) is 5.92. The largest absolute Gasteiger partial charge is 0.379 e. The topological polar surface area (TPSA) is 66.1 Å². The highest BCUT2D eigenvalue weighted by Crippen LogP contribution is 2.31. The van der Waals surface area contributed by atoms with Crippen LogP contribution in [0.4, 0.5) is 0 Å². The van der Waals surface area contributed by atoms with E-state index in [0.717, 1.165) is 58.4 Å². The Labute approximate surface area is 134 Å². The number of guanidine groups is 1. The molecule has 1 aliphatic carbocycles. The molecule has 22 heavy (non-hydrogen) atoms. The maximum atomic E-state index is 5.97. The van der Waals surface area contributed by atoms with Crippen molar-refractivity contribution in [3.63, 3.8) is 0 Å². The summed E-state index contributed by atoms with van der Waals surface area (Å²) >= 11 is 0. The Morgan fingerprint density at radius 2 is 2.00 bits per heavy atom. The Hall–Kier alpha value is -0.850. The summed E-state index contributed by atoms with van der Waals surface area (Å²) in [7, 11) is 0. The average Bonchev–Trinajstić information content (AvgIpc) is 3.29. The van der Waals surface area contributed by atoms with Gasteiger partial charge >= 0.3 is 0 Å². The number of morpholine rings is 1. The number of ether oxygens (including phenoxy) is 1. The summed E-state index contributed by atoms with van der Waals surface area (Å²) in [5.41, 5.74) is 5.97. The molecule has 6 nitrogen and oxygen atoms in total. The minimum atomic E-state index is 0.617. The molecule has 2 heterocycles. The van der Waals surface area contributed by atoms with Crippen molar-refractivity contribution in [1.82, 2.24) is 15.1 Å². The molecule has 1 atom stereocenters. The van der Waals surface area contributed by atoms with Crippen LogP contribution in [0.1, 0.15) is 25.7 Å². The molecule has 3 rings (SSSR count). The number of rotatable bonds is 7. The van der Waals surface area contributed by atoms with Crippen molar-refractivity contribution in [2.24, 2.45) is 16.6 Å². The number of nitrogens with zero attached hydrogens (tertiary/aromatic N) is 3. The van der Waals surface area contributed by atoms with Gasteiger partial charge in [0.2, 0.25) is 0 Å². The monoisotopic (exact) mass is 309 g/mol. The molecule has 2 saturated heterocycles. The van der Waals surface area contributed by atoms with E-state index in [1.165, 1.54) is 32.4 Å². The van der Waals surface area contributed by atoms with Crippen LogP contribution in [-0.4, -0.2) is 80.8 Å². The molecule has 3 N–H and O–H groups in total. The van der Waals surface area contributed by atoms with Crippen LogP contribution in [0.2, 0.25) is 0 Å². The SMILES string of the molecule is NC(=NCC1CCN(C2CC2)C1)NCCCN1CCOCC1. The van der Waals surface area contributed by atoms with E-state index >= 15 is 0 Å². The molecular formula is C16H31N5O. The second-order valence-electron chi connectivity index (χ2n) is 6.84. The number of nitrogens with one attached hydrogen (secondary N) is 1. The van der Waals surface area contributed by atoms with Crippen molar-refractivity contribution in [1.29, 1.82) is 0 Å². The lowest BCUT2D eigenvalue weighted by molar-refractivity contribution is 0.0376. The van der Waals surface area contributed by atoms with Gasteiger partial charge in [0.05, 0.1) is 13.2 Å². The van der Waals surface area contributed by atoms with Gasteiger partial charge in [0.1, 0.15) is 0 Å². The van der Waals surface area contributed by atoms with Crippen molar-refractivity contribution in [2.45, 2.75) is 31.7 Å². The van der Waals surface area contributed by atoms with Crippen LogP contribution in [0, 0.1) is 5.92 Å². The predicted octanol–water partition coefficient (Wildman–Crippen LogP) is 0.0973. The Morgan fingerprint density at radius 3 is 2.77 bits per heavy atom. The first-order chi connectivity index (χ1) is 10.8. The van der Waals surface area contributed by atoms with Gasteiger partial charge in [0, 0.05) is 38.8 Å². The summed E-state index contributed by atoms with van der Waals surface area (Å²) in [5.74, 6) is 1.32. The minimum Gasteiger partial charge on any atom is -0.379 e. The molecule has 0 aromatic heterocycles. The lowest BCUT2D eigenvalue weighted by Gasteiger charge is -2.26. The van der Waals surface area contributed by atoms with Gasteiger partial charge in [0.25, 0.3) is 0 Å². The van der Waals surface area contributed by atoms with Gasteiger partial charge in [-0.1, -0.05) is 0 Å². The summed E-state index contributed by atoms with van der Waals surface area (Å²) in [5, 5.41) is 3.25. The molecular weight excluding hydrogens is 278 g/mol. The highest BCUT2D eigenvalue weighted by atomic mass is 16.5. The molecule has 3 aliphatic rings. The third-order valence-electron chi connectivity index (χ3n) is 4.96. The second kappa shape index (κ2) is 8.13. The van der Waals surface area contributed by atoms with Crippen LogP contribution in [-0.2, 0) is 4.74 Å². The molecule has 6 heteroatoms. The van der Waals surface area contributed by atoms with Crippen LogP contribution >= 0.6 is 0 Å². The minimum absolute atomic E-state index is 0.617. The molecule has 0 spiro atoms. The molecule has 1 unspecified atom stereocenters. The van der Waals surface area contributed by atoms with Gasteiger partial charge in [-0.25, -0.2) is 0 Å². The number of aliphatic imine (C=N–C) groups is 1. The predicted molar refractivity (Wildman–Crippen MR) is 89.1 cm³/mol. The van der Waals surface area contributed by atoms with E-state index in [9.17, 15) is 0 Å². The van der Waals surface area contributed by atoms with E-state index in [0.29, 0.717) is 11.9 Å².